The fraction of sp³-hybridized carbons (Fsp3) is 0.500. The van der Waals surface area contributed by atoms with Crippen LogP contribution in [0.25, 0.3) is 0 Å². The maximum atomic E-state index is 11.5. The van der Waals surface area contributed by atoms with Gasteiger partial charge in [-0.3, -0.25) is 4.79 Å². The molecule has 5 heteroatoms. The summed E-state index contributed by atoms with van der Waals surface area (Å²) in [4.78, 5) is 11.5. The Morgan fingerprint density at radius 2 is 2.37 bits per heavy atom. The minimum atomic E-state index is -0.351. The van der Waals surface area contributed by atoms with Gasteiger partial charge >= 0.3 is 5.97 Å². The quantitative estimate of drug-likeness (QED) is 0.843. The van der Waals surface area contributed by atoms with E-state index in [4.69, 9.17) is 21.1 Å². The lowest BCUT2D eigenvalue weighted by Gasteiger charge is -2.14. The van der Waals surface area contributed by atoms with Crippen LogP contribution in [0.1, 0.15) is 25.0 Å². The first-order valence-electron chi connectivity index (χ1n) is 6.46. The molecule has 1 aromatic carbocycles. The number of carbonyl (C=O) groups excluding carboxylic acids is 1. The van der Waals surface area contributed by atoms with E-state index in [1.165, 1.54) is 0 Å². The van der Waals surface area contributed by atoms with Crippen molar-refractivity contribution in [1.29, 1.82) is 0 Å². The summed E-state index contributed by atoms with van der Waals surface area (Å²) < 4.78 is 10.6. The summed E-state index contributed by atoms with van der Waals surface area (Å²) in [6.07, 6.45) is 0.885. The van der Waals surface area contributed by atoms with E-state index >= 15 is 0 Å². The normalized spacial score (nSPS) is 14.7. The molecule has 0 bridgehead atoms. The molecule has 0 spiro atoms. The van der Waals surface area contributed by atoms with Gasteiger partial charge in [0.2, 0.25) is 0 Å². The number of carbonyl (C=O) groups is 1. The molecule has 1 atom stereocenters. The van der Waals surface area contributed by atoms with Crippen molar-refractivity contribution in [2.45, 2.75) is 32.9 Å². The Morgan fingerprint density at radius 3 is 3.11 bits per heavy atom. The molecular formula is C14H18ClNO3. The SMILES string of the molecule is CCOC(=O)C(C)NCc1cc(Cl)cc2c1OCC2. The highest BCUT2D eigenvalue weighted by Gasteiger charge is 2.19. The van der Waals surface area contributed by atoms with E-state index in [0.29, 0.717) is 24.8 Å². The van der Waals surface area contributed by atoms with Crippen molar-refractivity contribution >= 4 is 17.6 Å². The zero-order valence-electron chi connectivity index (χ0n) is 11.2. The standard InChI is InChI=1S/C14H18ClNO3/c1-3-18-14(17)9(2)16-8-11-7-12(15)6-10-4-5-19-13(10)11/h6-7,9,16H,3-5,8H2,1-2H3. The molecular weight excluding hydrogens is 266 g/mol. The zero-order valence-corrected chi connectivity index (χ0v) is 11.9. The number of rotatable bonds is 5. The van der Waals surface area contributed by atoms with E-state index in [1.807, 2.05) is 12.1 Å². The lowest BCUT2D eigenvalue weighted by molar-refractivity contribution is -0.145. The van der Waals surface area contributed by atoms with Gasteiger partial charge in [0.05, 0.1) is 13.2 Å². The van der Waals surface area contributed by atoms with Crippen molar-refractivity contribution in [3.8, 4) is 5.75 Å². The Morgan fingerprint density at radius 1 is 1.58 bits per heavy atom. The summed E-state index contributed by atoms with van der Waals surface area (Å²) in [6, 6.07) is 3.45. The summed E-state index contributed by atoms with van der Waals surface area (Å²) in [6.45, 7) is 5.19. The smallest absolute Gasteiger partial charge is 0.322 e. The molecule has 0 radical (unpaired) electrons. The first kappa shape index (κ1) is 14.2. The van der Waals surface area contributed by atoms with Gasteiger partial charge in [-0.1, -0.05) is 11.6 Å². The molecule has 1 unspecified atom stereocenters. The van der Waals surface area contributed by atoms with Gasteiger partial charge in [-0.25, -0.2) is 0 Å². The number of fused-ring (bicyclic) bond motifs is 1. The van der Waals surface area contributed by atoms with Gasteiger partial charge in [-0.2, -0.15) is 0 Å². The van der Waals surface area contributed by atoms with Crippen molar-refractivity contribution in [3.05, 3.63) is 28.3 Å². The zero-order chi connectivity index (χ0) is 13.8. The number of nitrogens with one attached hydrogen (secondary N) is 1. The van der Waals surface area contributed by atoms with E-state index in [-0.39, 0.29) is 12.0 Å². The molecule has 0 aliphatic carbocycles. The number of halogens is 1. The number of hydrogen-bond donors (Lipinski definition) is 1. The lowest BCUT2D eigenvalue weighted by Crippen LogP contribution is -2.35. The van der Waals surface area contributed by atoms with Crippen molar-refractivity contribution < 1.29 is 14.3 Å². The average molecular weight is 284 g/mol. The van der Waals surface area contributed by atoms with Crippen molar-refractivity contribution in [3.63, 3.8) is 0 Å². The van der Waals surface area contributed by atoms with Crippen molar-refractivity contribution in [2.24, 2.45) is 0 Å². The van der Waals surface area contributed by atoms with E-state index in [9.17, 15) is 4.79 Å². The summed E-state index contributed by atoms with van der Waals surface area (Å²) >= 11 is 6.08. The molecule has 0 amide bonds. The summed E-state index contributed by atoms with van der Waals surface area (Å²) in [5.41, 5.74) is 2.12. The number of benzene rings is 1. The third-order valence-electron chi connectivity index (χ3n) is 3.06. The van der Waals surface area contributed by atoms with Crippen molar-refractivity contribution in [2.75, 3.05) is 13.2 Å². The van der Waals surface area contributed by atoms with Crippen LogP contribution < -0.4 is 10.1 Å². The second kappa shape index (κ2) is 6.26. The maximum absolute atomic E-state index is 11.5. The van der Waals surface area contributed by atoms with Gasteiger partial charge in [0.25, 0.3) is 0 Å². The molecule has 4 nitrogen and oxygen atoms in total. The predicted molar refractivity (Wildman–Crippen MR) is 73.6 cm³/mol. The van der Waals surface area contributed by atoms with Crippen LogP contribution in [-0.4, -0.2) is 25.2 Å². The summed E-state index contributed by atoms with van der Waals surface area (Å²) in [5.74, 6) is 0.648. The van der Waals surface area contributed by atoms with Gasteiger partial charge in [-0.05, 0) is 31.5 Å². The second-order valence-corrected chi connectivity index (χ2v) is 4.94. The summed E-state index contributed by atoms with van der Waals surface area (Å²) in [5, 5.41) is 3.83. The van der Waals surface area contributed by atoms with Gasteiger partial charge in [0.15, 0.2) is 0 Å². The highest BCUT2D eigenvalue weighted by molar-refractivity contribution is 6.30. The molecule has 1 N–H and O–H groups in total. The van der Waals surface area contributed by atoms with E-state index in [0.717, 1.165) is 23.3 Å². The van der Waals surface area contributed by atoms with Gasteiger partial charge in [0, 0.05) is 23.6 Å². The lowest BCUT2D eigenvalue weighted by atomic mass is 10.1. The molecule has 0 fully saturated rings. The van der Waals surface area contributed by atoms with Crippen LogP contribution in [0.2, 0.25) is 5.02 Å². The van der Waals surface area contributed by atoms with Crippen LogP contribution in [0, 0.1) is 0 Å². The predicted octanol–water partition coefficient (Wildman–Crippen LogP) is 2.32. The van der Waals surface area contributed by atoms with Crippen molar-refractivity contribution in [1.82, 2.24) is 5.32 Å². The van der Waals surface area contributed by atoms with E-state index in [1.54, 1.807) is 13.8 Å². The first-order chi connectivity index (χ1) is 9.11. The topological polar surface area (TPSA) is 47.6 Å². The van der Waals surface area contributed by atoms with Crippen LogP contribution in [0.5, 0.6) is 5.75 Å². The Balaban J connectivity index is 2.02. The molecule has 0 saturated heterocycles. The average Bonchev–Trinajstić information content (AvgIpc) is 2.83. The van der Waals surface area contributed by atoms with Crippen LogP contribution in [-0.2, 0) is 22.5 Å². The van der Waals surface area contributed by atoms with Gasteiger partial charge in [-0.15, -0.1) is 0 Å². The molecule has 1 aliphatic heterocycles. The Bertz CT molecular complexity index is 476. The van der Waals surface area contributed by atoms with Crippen LogP contribution >= 0.6 is 11.6 Å². The van der Waals surface area contributed by atoms with Crippen LogP contribution in [0.4, 0.5) is 0 Å². The van der Waals surface area contributed by atoms with Gasteiger partial charge in [0.1, 0.15) is 11.8 Å². The molecule has 2 rings (SSSR count). The van der Waals surface area contributed by atoms with E-state index in [2.05, 4.69) is 5.32 Å². The number of hydrogen-bond acceptors (Lipinski definition) is 4. The third-order valence-corrected chi connectivity index (χ3v) is 3.28. The summed E-state index contributed by atoms with van der Waals surface area (Å²) in [7, 11) is 0. The Kier molecular flexibility index (Phi) is 4.66. The third kappa shape index (κ3) is 3.39. The minimum Gasteiger partial charge on any atom is -0.493 e. The van der Waals surface area contributed by atoms with Crippen LogP contribution in [0.3, 0.4) is 0 Å². The second-order valence-electron chi connectivity index (χ2n) is 4.51. The minimum absolute atomic E-state index is 0.248. The van der Waals surface area contributed by atoms with E-state index < -0.39 is 0 Å². The first-order valence-corrected chi connectivity index (χ1v) is 6.83. The fourth-order valence-corrected chi connectivity index (χ4v) is 2.35. The fourth-order valence-electron chi connectivity index (χ4n) is 2.09. The Hall–Kier alpha value is -1.26. The molecule has 104 valence electrons. The molecule has 0 saturated carbocycles. The highest BCUT2D eigenvalue weighted by atomic mass is 35.5. The molecule has 1 aliphatic rings. The molecule has 1 heterocycles. The van der Waals surface area contributed by atoms with Gasteiger partial charge < -0.3 is 14.8 Å². The molecule has 19 heavy (non-hydrogen) atoms. The highest BCUT2D eigenvalue weighted by Crippen LogP contribution is 2.32. The van der Waals surface area contributed by atoms with Crippen LogP contribution in [0.15, 0.2) is 12.1 Å². The maximum Gasteiger partial charge on any atom is 0.322 e. The number of esters is 1. The molecule has 0 aromatic heterocycles. The largest absolute Gasteiger partial charge is 0.493 e. The monoisotopic (exact) mass is 283 g/mol. The Labute approximate surface area is 118 Å². The molecule has 1 aromatic rings. The number of ether oxygens (including phenoxy) is 2.